The number of rotatable bonds is 0. The molecular weight excluding hydrogens is 270 g/mol. The quantitative estimate of drug-likeness (QED) is 0.666. The molecule has 0 radical (unpaired) electrons. The molecule has 0 bridgehead atoms. The average molecular weight is 298 g/mol. The van der Waals surface area contributed by atoms with Crippen LogP contribution in [0.5, 0.6) is 0 Å². The molecule has 0 unspecified atom stereocenters. The Kier molecular flexibility index (Phi) is 3.36. The van der Waals surface area contributed by atoms with Crippen LogP contribution >= 0.6 is 0 Å². The number of Topliss-reactive ketones (excluding diaryl/α,β-unsaturated/α-hetero) is 1. The maximum Gasteiger partial charge on any atom is 0.252 e. The molecule has 118 valence electrons. The third-order valence-electron chi connectivity index (χ3n) is 5.75. The SMILES string of the molecule is C[N+](C)=C1CCc2cc3c(cc2C1=O)C(C)(C)CCC3(C)C. The average Bonchev–Trinajstić information content (AvgIpc) is 2.43. The molecule has 3 rings (SSSR count). The van der Waals surface area contributed by atoms with Gasteiger partial charge in [-0.25, -0.2) is 4.58 Å². The smallest absolute Gasteiger partial charge is 0.252 e. The van der Waals surface area contributed by atoms with Crippen molar-refractivity contribution < 1.29 is 9.37 Å². The molecule has 0 saturated carbocycles. The number of hydrogen-bond acceptors (Lipinski definition) is 1. The summed E-state index contributed by atoms with van der Waals surface area (Å²) in [5.74, 6) is 0.230. The van der Waals surface area contributed by atoms with Crippen molar-refractivity contribution in [1.82, 2.24) is 0 Å². The van der Waals surface area contributed by atoms with E-state index in [1.54, 1.807) is 0 Å². The van der Waals surface area contributed by atoms with E-state index < -0.39 is 0 Å². The summed E-state index contributed by atoms with van der Waals surface area (Å²) in [6.45, 7) is 9.32. The van der Waals surface area contributed by atoms with Gasteiger partial charge >= 0.3 is 0 Å². The highest BCUT2D eigenvalue weighted by atomic mass is 16.1. The fraction of sp³-hybridized carbons (Fsp3) is 0.600. The first-order chi connectivity index (χ1) is 10.1. The number of fused-ring (bicyclic) bond motifs is 2. The Hall–Kier alpha value is -1.44. The van der Waals surface area contributed by atoms with Crippen molar-refractivity contribution in [3.63, 3.8) is 0 Å². The van der Waals surface area contributed by atoms with Crippen LogP contribution in [-0.4, -0.2) is 30.2 Å². The number of aryl methyl sites for hydroxylation is 1. The van der Waals surface area contributed by atoms with E-state index in [9.17, 15) is 4.79 Å². The van der Waals surface area contributed by atoms with Crippen molar-refractivity contribution in [3.05, 3.63) is 34.4 Å². The second kappa shape index (κ2) is 4.78. The highest BCUT2D eigenvalue weighted by Crippen LogP contribution is 2.47. The summed E-state index contributed by atoms with van der Waals surface area (Å²) in [7, 11) is 3.95. The topological polar surface area (TPSA) is 20.1 Å². The minimum Gasteiger partial charge on any atom is -0.282 e. The normalized spacial score (nSPS) is 22.1. The summed E-state index contributed by atoms with van der Waals surface area (Å²) in [5.41, 5.74) is 6.36. The van der Waals surface area contributed by atoms with E-state index in [4.69, 9.17) is 0 Å². The molecule has 0 fully saturated rings. The molecule has 2 heteroatoms. The van der Waals surface area contributed by atoms with Gasteiger partial charge in [-0.3, -0.25) is 4.79 Å². The zero-order chi connectivity index (χ0) is 16.3. The molecule has 2 nitrogen and oxygen atoms in total. The largest absolute Gasteiger partial charge is 0.282 e. The Morgan fingerprint density at radius 1 is 0.909 bits per heavy atom. The van der Waals surface area contributed by atoms with Crippen molar-refractivity contribution in [3.8, 4) is 0 Å². The van der Waals surface area contributed by atoms with Crippen molar-refractivity contribution in [2.24, 2.45) is 0 Å². The van der Waals surface area contributed by atoms with Gasteiger partial charge in [0.25, 0.3) is 5.78 Å². The lowest BCUT2D eigenvalue weighted by Gasteiger charge is -2.42. The molecule has 0 saturated heterocycles. The fourth-order valence-corrected chi connectivity index (χ4v) is 4.03. The van der Waals surface area contributed by atoms with Gasteiger partial charge < -0.3 is 0 Å². The molecular formula is C20H28NO+. The number of benzene rings is 1. The van der Waals surface area contributed by atoms with Gasteiger partial charge in [-0.05, 0) is 52.8 Å². The van der Waals surface area contributed by atoms with Crippen molar-refractivity contribution in [2.45, 2.75) is 64.2 Å². The Balaban J connectivity index is 2.23. The number of nitrogens with zero attached hydrogens (tertiary/aromatic N) is 1. The molecule has 0 spiro atoms. The predicted molar refractivity (Wildman–Crippen MR) is 91.5 cm³/mol. The lowest BCUT2D eigenvalue weighted by atomic mass is 9.62. The third kappa shape index (κ3) is 2.24. The van der Waals surface area contributed by atoms with Crippen LogP contribution in [0.2, 0.25) is 0 Å². The highest BCUT2D eigenvalue weighted by molar-refractivity contribution is 6.45. The summed E-state index contributed by atoms with van der Waals surface area (Å²) in [5, 5.41) is 0. The molecule has 0 aromatic heterocycles. The fourth-order valence-electron chi connectivity index (χ4n) is 4.03. The molecule has 1 aromatic rings. The van der Waals surface area contributed by atoms with Gasteiger partial charge in [-0.1, -0.05) is 33.8 Å². The summed E-state index contributed by atoms with van der Waals surface area (Å²) in [6.07, 6.45) is 4.25. The number of ketones is 1. The number of carbonyl (C=O) groups excluding carboxylic acids is 1. The van der Waals surface area contributed by atoms with Crippen LogP contribution in [0, 0.1) is 0 Å². The zero-order valence-electron chi connectivity index (χ0n) is 14.8. The Morgan fingerprint density at radius 3 is 2.00 bits per heavy atom. The van der Waals surface area contributed by atoms with Crippen molar-refractivity contribution in [1.29, 1.82) is 0 Å². The molecule has 22 heavy (non-hydrogen) atoms. The summed E-state index contributed by atoms with van der Waals surface area (Å²) in [6, 6.07) is 4.56. The van der Waals surface area contributed by atoms with Crippen LogP contribution in [0.1, 0.15) is 74.0 Å². The first kappa shape index (κ1) is 15.5. The maximum absolute atomic E-state index is 12.8. The van der Waals surface area contributed by atoms with Crippen LogP contribution in [0.4, 0.5) is 0 Å². The standard InChI is InChI=1S/C20H28NO/c1-19(2)9-10-20(3,4)16-12-14-13(11-15(16)19)7-8-17(18(14)22)21(5)6/h11-12H,7-10H2,1-6H3/q+1. The van der Waals surface area contributed by atoms with Gasteiger partial charge in [-0.15, -0.1) is 0 Å². The van der Waals surface area contributed by atoms with E-state index >= 15 is 0 Å². The summed E-state index contributed by atoms with van der Waals surface area (Å²) >= 11 is 0. The lowest BCUT2D eigenvalue weighted by Crippen LogP contribution is -2.36. The van der Waals surface area contributed by atoms with Crippen LogP contribution in [0.3, 0.4) is 0 Å². The van der Waals surface area contributed by atoms with Gasteiger partial charge in [0.15, 0.2) is 0 Å². The molecule has 1 aromatic carbocycles. The first-order valence-electron chi connectivity index (χ1n) is 8.39. The molecule has 0 N–H and O–H groups in total. The molecule has 0 atom stereocenters. The van der Waals surface area contributed by atoms with E-state index in [1.807, 2.05) is 18.7 Å². The van der Waals surface area contributed by atoms with Gasteiger partial charge in [-0.2, -0.15) is 0 Å². The first-order valence-corrected chi connectivity index (χ1v) is 8.39. The molecule has 2 aliphatic rings. The van der Waals surface area contributed by atoms with E-state index in [0.29, 0.717) is 0 Å². The van der Waals surface area contributed by atoms with Crippen LogP contribution < -0.4 is 0 Å². The molecule has 0 heterocycles. The van der Waals surface area contributed by atoms with Crippen molar-refractivity contribution in [2.75, 3.05) is 14.1 Å². The predicted octanol–water partition coefficient (Wildman–Crippen LogP) is 3.88. The second-order valence-corrected chi connectivity index (χ2v) is 8.49. The van der Waals surface area contributed by atoms with Gasteiger partial charge in [0, 0.05) is 12.0 Å². The zero-order valence-corrected chi connectivity index (χ0v) is 14.8. The third-order valence-corrected chi connectivity index (χ3v) is 5.75. The lowest BCUT2D eigenvalue weighted by molar-refractivity contribution is -0.464. The Morgan fingerprint density at radius 2 is 1.45 bits per heavy atom. The number of carbonyl (C=O) groups is 1. The summed E-state index contributed by atoms with van der Waals surface area (Å²) < 4.78 is 1.99. The maximum atomic E-state index is 12.8. The molecule has 0 aliphatic heterocycles. The molecule has 2 aliphatic carbocycles. The Bertz CT molecular complexity index is 688. The Labute approximate surface area is 134 Å². The molecule has 0 amide bonds. The van der Waals surface area contributed by atoms with Gasteiger partial charge in [0.05, 0.1) is 0 Å². The minimum atomic E-state index is 0.163. The number of hydrogen-bond donors (Lipinski definition) is 0. The second-order valence-electron chi connectivity index (χ2n) is 8.49. The summed E-state index contributed by atoms with van der Waals surface area (Å²) in [4.78, 5) is 12.8. The van der Waals surface area contributed by atoms with E-state index in [2.05, 4.69) is 39.8 Å². The minimum absolute atomic E-state index is 0.163. The van der Waals surface area contributed by atoms with Gasteiger partial charge in [0.1, 0.15) is 14.1 Å². The van der Waals surface area contributed by atoms with Gasteiger partial charge in [0.2, 0.25) is 5.71 Å². The monoisotopic (exact) mass is 298 g/mol. The van der Waals surface area contributed by atoms with E-state index in [0.717, 1.165) is 24.1 Å². The van der Waals surface area contributed by atoms with Crippen molar-refractivity contribution >= 4 is 11.5 Å². The van der Waals surface area contributed by atoms with E-state index in [1.165, 1.54) is 29.5 Å². The van der Waals surface area contributed by atoms with Crippen LogP contribution in [-0.2, 0) is 17.3 Å². The highest BCUT2D eigenvalue weighted by Gasteiger charge is 2.39. The van der Waals surface area contributed by atoms with E-state index in [-0.39, 0.29) is 16.6 Å². The van der Waals surface area contributed by atoms with Crippen LogP contribution in [0.25, 0.3) is 0 Å². The van der Waals surface area contributed by atoms with Crippen LogP contribution in [0.15, 0.2) is 12.1 Å².